The molecular formula is C20H17NO4S. The number of hydrogen-bond donors (Lipinski definition) is 1. The van der Waals surface area contributed by atoms with Crippen molar-refractivity contribution < 1.29 is 19.1 Å². The van der Waals surface area contributed by atoms with E-state index in [1.165, 1.54) is 18.3 Å². The first kappa shape index (κ1) is 17.7. The first-order chi connectivity index (χ1) is 12.5. The van der Waals surface area contributed by atoms with E-state index < -0.39 is 0 Å². The van der Waals surface area contributed by atoms with Crippen molar-refractivity contribution in [1.82, 2.24) is 0 Å². The third-order valence-corrected chi connectivity index (χ3v) is 4.55. The Morgan fingerprint density at radius 1 is 0.923 bits per heavy atom. The summed E-state index contributed by atoms with van der Waals surface area (Å²) in [4.78, 5) is 23.9. The Morgan fingerprint density at radius 3 is 2.19 bits per heavy atom. The van der Waals surface area contributed by atoms with Gasteiger partial charge in [0.2, 0.25) is 0 Å². The molecule has 3 aromatic rings. The van der Waals surface area contributed by atoms with Gasteiger partial charge < -0.3 is 14.8 Å². The molecule has 1 N–H and O–H groups in total. The van der Waals surface area contributed by atoms with Crippen molar-refractivity contribution in [1.29, 1.82) is 0 Å². The van der Waals surface area contributed by atoms with Gasteiger partial charge in [-0.1, -0.05) is 12.1 Å². The maximum atomic E-state index is 12.4. The normalized spacial score (nSPS) is 10.2. The number of anilines is 1. The van der Waals surface area contributed by atoms with E-state index in [1.54, 1.807) is 31.4 Å². The highest BCUT2D eigenvalue weighted by molar-refractivity contribution is 7.12. The number of amides is 1. The second kappa shape index (κ2) is 7.84. The number of hydrogen-bond acceptors (Lipinski definition) is 5. The second-order valence-electron chi connectivity index (χ2n) is 5.50. The molecule has 0 spiro atoms. The number of rotatable bonds is 5. The number of carbonyl (C=O) groups is 2. The molecule has 1 heterocycles. The van der Waals surface area contributed by atoms with Gasteiger partial charge in [-0.15, -0.1) is 11.3 Å². The molecule has 132 valence electrons. The number of carbonyl (C=O) groups excluding carboxylic acids is 2. The number of ether oxygens (including phenoxy) is 2. The Labute approximate surface area is 155 Å². The summed E-state index contributed by atoms with van der Waals surface area (Å²) in [5, 5.41) is 4.78. The number of benzene rings is 2. The van der Waals surface area contributed by atoms with Gasteiger partial charge in [0.25, 0.3) is 5.91 Å². The molecule has 1 aromatic heterocycles. The smallest absolute Gasteiger partial charge is 0.308 e. The fourth-order valence-corrected chi connectivity index (χ4v) is 3.17. The lowest BCUT2D eigenvalue weighted by Crippen LogP contribution is -2.10. The Balaban J connectivity index is 1.68. The molecular weight excluding hydrogens is 350 g/mol. The minimum absolute atomic E-state index is 0.185. The van der Waals surface area contributed by atoms with Crippen molar-refractivity contribution in [2.45, 2.75) is 6.92 Å². The predicted octanol–water partition coefficient (Wildman–Crippen LogP) is 4.60. The highest BCUT2D eigenvalue weighted by Gasteiger charge is 2.11. The molecule has 6 heteroatoms. The van der Waals surface area contributed by atoms with Crippen LogP contribution < -0.4 is 14.8 Å². The van der Waals surface area contributed by atoms with Crippen LogP contribution in [0.5, 0.6) is 11.5 Å². The SMILES string of the molecule is COc1ccc(-c2csc(C(=O)Nc3ccc(OC(C)=O)cc3)c2)cc1. The van der Waals surface area contributed by atoms with Gasteiger partial charge in [0.05, 0.1) is 12.0 Å². The van der Waals surface area contributed by atoms with Gasteiger partial charge in [-0.25, -0.2) is 0 Å². The van der Waals surface area contributed by atoms with Gasteiger partial charge >= 0.3 is 5.97 Å². The van der Waals surface area contributed by atoms with Gasteiger partial charge in [0.15, 0.2) is 0 Å². The predicted molar refractivity (Wildman–Crippen MR) is 102 cm³/mol. The highest BCUT2D eigenvalue weighted by Crippen LogP contribution is 2.28. The van der Waals surface area contributed by atoms with Crippen LogP contribution in [0.4, 0.5) is 5.69 Å². The van der Waals surface area contributed by atoms with Crippen molar-refractivity contribution in [2.24, 2.45) is 0 Å². The van der Waals surface area contributed by atoms with Crippen molar-refractivity contribution in [3.8, 4) is 22.6 Å². The Bertz CT molecular complexity index is 914. The van der Waals surface area contributed by atoms with Crippen molar-refractivity contribution >= 4 is 28.9 Å². The van der Waals surface area contributed by atoms with Gasteiger partial charge in [0.1, 0.15) is 11.5 Å². The molecule has 2 aromatic carbocycles. The lowest BCUT2D eigenvalue weighted by atomic mass is 10.1. The van der Waals surface area contributed by atoms with Gasteiger partial charge in [-0.05, 0) is 59.0 Å². The molecule has 0 aliphatic rings. The van der Waals surface area contributed by atoms with Crippen LogP contribution in [0, 0.1) is 0 Å². The van der Waals surface area contributed by atoms with Gasteiger partial charge in [-0.3, -0.25) is 9.59 Å². The van der Waals surface area contributed by atoms with Gasteiger partial charge in [0, 0.05) is 12.6 Å². The maximum absolute atomic E-state index is 12.4. The molecule has 0 aliphatic heterocycles. The average Bonchev–Trinajstić information content (AvgIpc) is 3.13. The molecule has 3 rings (SSSR count). The first-order valence-corrected chi connectivity index (χ1v) is 8.76. The first-order valence-electron chi connectivity index (χ1n) is 7.88. The third kappa shape index (κ3) is 4.29. The van der Waals surface area contributed by atoms with E-state index in [1.807, 2.05) is 35.7 Å². The summed E-state index contributed by atoms with van der Waals surface area (Å²) in [5.74, 6) is 0.661. The molecule has 0 fully saturated rings. The largest absolute Gasteiger partial charge is 0.497 e. The molecule has 0 atom stereocenters. The minimum Gasteiger partial charge on any atom is -0.497 e. The highest BCUT2D eigenvalue weighted by atomic mass is 32.1. The van der Waals surface area contributed by atoms with Crippen LogP contribution >= 0.6 is 11.3 Å². The quantitative estimate of drug-likeness (QED) is 0.529. The number of nitrogens with one attached hydrogen (secondary N) is 1. The van der Waals surface area contributed by atoms with Crippen LogP contribution in [0.25, 0.3) is 11.1 Å². The van der Waals surface area contributed by atoms with Crippen LogP contribution in [0.15, 0.2) is 60.0 Å². The van der Waals surface area contributed by atoms with Crippen LogP contribution in [-0.2, 0) is 4.79 Å². The lowest BCUT2D eigenvalue weighted by Gasteiger charge is -2.05. The molecule has 0 saturated carbocycles. The second-order valence-corrected chi connectivity index (χ2v) is 6.41. The summed E-state index contributed by atoms with van der Waals surface area (Å²) in [7, 11) is 1.63. The molecule has 1 amide bonds. The monoisotopic (exact) mass is 367 g/mol. The lowest BCUT2D eigenvalue weighted by molar-refractivity contribution is -0.131. The molecule has 0 radical (unpaired) electrons. The molecule has 5 nitrogen and oxygen atoms in total. The summed E-state index contributed by atoms with van der Waals surface area (Å²) >= 11 is 1.38. The Kier molecular flexibility index (Phi) is 5.34. The third-order valence-electron chi connectivity index (χ3n) is 3.62. The molecule has 26 heavy (non-hydrogen) atoms. The molecule has 0 unspecified atom stereocenters. The van der Waals surface area contributed by atoms with Gasteiger partial charge in [-0.2, -0.15) is 0 Å². The van der Waals surface area contributed by atoms with E-state index in [0.29, 0.717) is 16.3 Å². The summed E-state index contributed by atoms with van der Waals surface area (Å²) < 4.78 is 10.1. The van der Waals surface area contributed by atoms with Crippen molar-refractivity contribution in [3.05, 3.63) is 64.9 Å². The zero-order chi connectivity index (χ0) is 18.5. The Hall–Kier alpha value is -3.12. The summed E-state index contributed by atoms with van der Waals surface area (Å²) in [5.41, 5.74) is 2.63. The maximum Gasteiger partial charge on any atom is 0.308 e. The number of methoxy groups -OCH3 is 1. The van der Waals surface area contributed by atoms with Crippen LogP contribution in [0.3, 0.4) is 0 Å². The van der Waals surface area contributed by atoms with E-state index >= 15 is 0 Å². The van der Waals surface area contributed by atoms with E-state index in [0.717, 1.165) is 16.9 Å². The van der Waals surface area contributed by atoms with Crippen molar-refractivity contribution in [2.75, 3.05) is 12.4 Å². The van der Waals surface area contributed by atoms with E-state index in [-0.39, 0.29) is 11.9 Å². The average molecular weight is 367 g/mol. The topological polar surface area (TPSA) is 64.6 Å². The van der Waals surface area contributed by atoms with E-state index in [9.17, 15) is 9.59 Å². The fourth-order valence-electron chi connectivity index (χ4n) is 2.36. The van der Waals surface area contributed by atoms with E-state index in [4.69, 9.17) is 9.47 Å². The molecule has 0 saturated heterocycles. The number of thiophene rings is 1. The standard InChI is InChI=1S/C20H17NO4S/c1-13(22)25-18-9-5-16(6-10-18)21-20(23)19-11-15(12-26-19)14-3-7-17(24-2)8-4-14/h3-12H,1-2H3,(H,21,23). The zero-order valence-corrected chi connectivity index (χ0v) is 15.1. The van der Waals surface area contributed by atoms with Crippen LogP contribution in [0.1, 0.15) is 16.6 Å². The Morgan fingerprint density at radius 2 is 1.58 bits per heavy atom. The molecule has 0 aliphatic carbocycles. The fraction of sp³-hybridized carbons (Fsp3) is 0.100. The summed E-state index contributed by atoms with van der Waals surface area (Å²) in [6.07, 6.45) is 0. The summed E-state index contributed by atoms with van der Waals surface area (Å²) in [6, 6.07) is 16.2. The summed E-state index contributed by atoms with van der Waals surface area (Å²) in [6.45, 7) is 1.34. The van der Waals surface area contributed by atoms with Crippen LogP contribution in [0.2, 0.25) is 0 Å². The van der Waals surface area contributed by atoms with E-state index in [2.05, 4.69) is 5.32 Å². The zero-order valence-electron chi connectivity index (χ0n) is 14.3. The van der Waals surface area contributed by atoms with Crippen molar-refractivity contribution in [3.63, 3.8) is 0 Å². The number of esters is 1. The van der Waals surface area contributed by atoms with Crippen LogP contribution in [-0.4, -0.2) is 19.0 Å². The minimum atomic E-state index is -0.383. The molecule has 0 bridgehead atoms.